The van der Waals surface area contributed by atoms with Crippen LogP contribution in [0.4, 0.5) is 5.69 Å². The highest BCUT2D eigenvalue weighted by molar-refractivity contribution is 6.06. The maximum Gasteiger partial charge on any atom is 0.339 e. The molecule has 3 rings (SSSR count). The first-order valence-corrected chi connectivity index (χ1v) is 7.55. The quantitative estimate of drug-likeness (QED) is 0.696. The molecule has 9 heteroatoms. The third-order valence-electron chi connectivity index (χ3n) is 3.50. The van der Waals surface area contributed by atoms with Gasteiger partial charge in [0, 0.05) is 0 Å². The van der Waals surface area contributed by atoms with E-state index in [-0.39, 0.29) is 11.4 Å². The van der Waals surface area contributed by atoms with Gasteiger partial charge in [0.25, 0.3) is 11.7 Å². The van der Waals surface area contributed by atoms with E-state index in [1.807, 2.05) is 0 Å². The van der Waals surface area contributed by atoms with E-state index in [1.54, 1.807) is 55.6 Å². The lowest BCUT2D eigenvalue weighted by Crippen LogP contribution is -2.17. The highest BCUT2D eigenvalue weighted by atomic mass is 16.5. The first-order valence-electron chi connectivity index (χ1n) is 7.55. The molecule has 0 atom stereocenters. The fourth-order valence-corrected chi connectivity index (χ4v) is 2.19. The van der Waals surface area contributed by atoms with Gasteiger partial charge in [-0.15, -0.1) is 15.0 Å². The van der Waals surface area contributed by atoms with Crippen LogP contribution in [-0.2, 0) is 4.74 Å². The number of para-hydroxylation sites is 1. The van der Waals surface area contributed by atoms with Gasteiger partial charge in [0.2, 0.25) is 0 Å². The zero-order chi connectivity index (χ0) is 18.5. The van der Waals surface area contributed by atoms with Gasteiger partial charge in [-0.2, -0.15) is 0 Å². The van der Waals surface area contributed by atoms with Crippen molar-refractivity contribution in [1.29, 1.82) is 0 Å². The van der Waals surface area contributed by atoms with Crippen LogP contribution in [0.1, 0.15) is 21.0 Å². The summed E-state index contributed by atoms with van der Waals surface area (Å²) in [4.78, 5) is 25.3. The van der Waals surface area contributed by atoms with E-state index in [2.05, 4.69) is 20.7 Å². The summed E-state index contributed by atoms with van der Waals surface area (Å²) in [6.07, 6.45) is 0. The average molecular weight is 353 g/mol. The van der Waals surface area contributed by atoms with E-state index >= 15 is 0 Å². The van der Waals surface area contributed by atoms with Crippen LogP contribution >= 0.6 is 0 Å². The van der Waals surface area contributed by atoms with Crippen LogP contribution in [0.5, 0.6) is 5.75 Å². The van der Waals surface area contributed by atoms with Crippen molar-refractivity contribution in [2.75, 3.05) is 19.5 Å². The van der Waals surface area contributed by atoms with Crippen LogP contribution in [0.15, 0.2) is 48.5 Å². The third-order valence-corrected chi connectivity index (χ3v) is 3.50. The van der Waals surface area contributed by atoms with E-state index in [0.29, 0.717) is 17.1 Å². The minimum atomic E-state index is -0.596. The summed E-state index contributed by atoms with van der Waals surface area (Å²) in [5.41, 5.74) is 1.14. The molecule has 0 fully saturated rings. The molecule has 132 valence electrons. The zero-order valence-corrected chi connectivity index (χ0v) is 14.0. The minimum Gasteiger partial charge on any atom is -0.497 e. The summed E-state index contributed by atoms with van der Waals surface area (Å²) in [7, 11) is 2.83. The Hall–Kier alpha value is -3.75. The molecule has 0 saturated heterocycles. The second kappa shape index (κ2) is 7.43. The molecule has 9 nitrogen and oxygen atoms in total. The molecule has 0 bridgehead atoms. The van der Waals surface area contributed by atoms with Gasteiger partial charge < -0.3 is 14.8 Å². The van der Waals surface area contributed by atoms with Crippen LogP contribution in [-0.4, -0.2) is 46.3 Å². The molecule has 0 aliphatic heterocycles. The number of nitrogens with one attached hydrogen (secondary N) is 1. The van der Waals surface area contributed by atoms with Crippen molar-refractivity contribution in [2.24, 2.45) is 0 Å². The second-order valence-corrected chi connectivity index (χ2v) is 5.09. The molecule has 1 N–H and O–H groups in total. The molecule has 0 unspecified atom stereocenters. The first-order chi connectivity index (χ1) is 12.6. The predicted octanol–water partition coefficient (Wildman–Crippen LogP) is 1.71. The van der Waals surface area contributed by atoms with Crippen molar-refractivity contribution in [3.63, 3.8) is 0 Å². The van der Waals surface area contributed by atoms with Crippen LogP contribution in [0, 0.1) is 0 Å². The Morgan fingerprint density at radius 2 is 1.77 bits per heavy atom. The predicted molar refractivity (Wildman–Crippen MR) is 91.4 cm³/mol. The molecular formula is C17H15N5O4. The number of rotatable bonds is 5. The molecule has 2 aromatic carbocycles. The molecular weight excluding hydrogens is 338 g/mol. The van der Waals surface area contributed by atoms with Gasteiger partial charge in [-0.3, -0.25) is 4.79 Å². The number of ether oxygens (including phenoxy) is 2. The smallest absolute Gasteiger partial charge is 0.339 e. The molecule has 0 saturated carbocycles. The van der Waals surface area contributed by atoms with Crippen LogP contribution in [0.25, 0.3) is 5.69 Å². The molecule has 0 aliphatic carbocycles. The number of tetrazole rings is 1. The third kappa shape index (κ3) is 3.51. The monoisotopic (exact) mass is 353 g/mol. The molecule has 0 aliphatic rings. The lowest BCUT2D eigenvalue weighted by Gasteiger charge is -2.07. The van der Waals surface area contributed by atoms with Gasteiger partial charge in [0.15, 0.2) is 0 Å². The number of benzene rings is 2. The largest absolute Gasteiger partial charge is 0.497 e. The van der Waals surface area contributed by atoms with Crippen molar-refractivity contribution >= 4 is 17.6 Å². The summed E-state index contributed by atoms with van der Waals surface area (Å²) in [5, 5.41) is 14.2. The van der Waals surface area contributed by atoms with Crippen LogP contribution in [0.3, 0.4) is 0 Å². The molecule has 0 spiro atoms. The summed E-state index contributed by atoms with van der Waals surface area (Å²) in [5.74, 6) is -0.608. The number of hydrogen-bond acceptors (Lipinski definition) is 7. The van der Waals surface area contributed by atoms with Crippen molar-refractivity contribution in [1.82, 2.24) is 20.2 Å². The van der Waals surface area contributed by atoms with Gasteiger partial charge in [-0.05, 0) is 41.6 Å². The Morgan fingerprint density at radius 3 is 2.46 bits per heavy atom. The molecule has 0 radical (unpaired) electrons. The Morgan fingerprint density at radius 1 is 1.04 bits per heavy atom. The van der Waals surface area contributed by atoms with Gasteiger partial charge >= 0.3 is 5.97 Å². The average Bonchev–Trinajstić information content (AvgIpc) is 3.18. The van der Waals surface area contributed by atoms with E-state index in [0.717, 1.165) is 0 Å². The Bertz CT molecular complexity index is 936. The van der Waals surface area contributed by atoms with E-state index in [9.17, 15) is 9.59 Å². The number of carbonyl (C=O) groups excluding carboxylic acids is 2. The highest BCUT2D eigenvalue weighted by Gasteiger charge is 2.18. The minimum absolute atomic E-state index is 0.138. The lowest BCUT2D eigenvalue weighted by atomic mass is 10.2. The zero-order valence-electron chi connectivity index (χ0n) is 14.0. The molecule has 3 aromatic rings. The summed E-state index contributed by atoms with van der Waals surface area (Å²) < 4.78 is 9.78. The van der Waals surface area contributed by atoms with Crippen molar-refractivity contribution in [3.05, 3.63) is 59.9 Å². The molecule has 1 heterocycles. The van der Waals surface area contributed by atoms with E-state index in [1.165, 1.54) is 11.9 Å². The summed E-state index contributed by atoms with van der Waals surface area (Å²) >= 11 is 0. The Labute approximate surface area is 148 Å². The number of amides is 1. The van der Waals surface area contributed by atoms with Gasteiger partial charge in [0.1, 0.15) is 5.75 Å². The Balaban J connectivity index is 1.79. The standard InChI is InChI=1S/C17H15N5O4/c1-25-12-9-7-11(8-10-12)22-20-15(19-21-22)16(23)18-14-6-4-3-5-13(14)17(24)26-2/h3-10H,1-2H3,(H,18,23). The van der Waals surface area contributed by atoms with Crippen LogP contribution < -0.4 is 10.1 Å². The SMILES string of the molecule is COC(=O)c1ccccc1NC(=O)c1nnn(-c2ccc(OC)cc2)n1. The number of anilines is 1. The van der Waals surface area contributed by atoms with Crippen LogP contribution in [0.2, 0.25) is 0 Å². The second-order valence-electron chi connectivity index (χ2n) is 5.09. The van der Waals surface area contributed by atoms with Gasteiger partial charge in [-0.1, -0.05) is 12.1 Å². The fourth-order valence-electron chi connectivity index (χ4n) is 2.19. The number of hydrogen-bond donors (Lipinski definition) is 1. The van der Waals surface area contributed by atoms with Crippen molar-refractivity contribution < 1.29 is 19.1 Å². The maximum atomic E-state index is 12.4. The number of esters is 1. The maximum absolute atomic E-state index is 12.4. The highest BCUT2D eigenvalue weighted by Crippen LogP contribution is 2.17. The van der Waals surface area contributed by atoms with E-state index in [4.69, 9.17) is 9.47 Å². The van der Waals surface area contributed by atoms with E-state index < -0.39 is 11.9 Å². The molecule has 1 amide bonds. The molecule has 1 aromatic heterocycles. The summed E-state index contributed by atoms with van der Waals surface area (Å²) in [6, 6.07) is 13.4. The van der Waals surface area contributed by atoms with Gasteiger partial charge in [-0.25, -0.2) is 4.79 Å². The molecule has 26 heavy (non-hydrogen) atoms. The van der Waals surface area contributed by atoms with Crippen molar-refractivity contribution in [2.45, 2.75) is 0 Å². The summed E-state index contributed by atoms with van der Waals surface area (Å²) in [6.45, 7) is 0. The number of aromatic nitrogens is 4. The first kappa shape index (κ1) is 17.1. The normalized spacial score (nSPS) is 10.2. The number of nitrogens with zero attached hydrogens (tertiary/aromatic N) is 4. The fraction of sp³-hybridized carbons (Fsp3) is 0.118. The van der Waals surface area contributed by atoms with Crippen molar-refractivity contribution in [3.8, 4) is 11.4 Å². The number of methoxy groups -OCH3 is 2. The lowest BCUT2D eigenvalue weighted by molar-refractivity contribution is 0.0602. The van der Waals surface area contributed by atoms with Gasteiger partial charge in [0.05, 0.1) is 31.2 Å². The number of carbonyl (C=O) groups is 2. The Kier molecular flexibility index (Phi) is 4.88. The topological polar surface area (TPSA) is 108 Å².